The highest BCUT2D eigenvalue weighted by Crippen LogP contribution is 2.31. The van der Waals surface area contributed by atoms with Gasteiger partial charge in [0.2, 0.25) is 11.8 Å². The van der Waals surface area contributed by atoms with Crippen LogP contribution < -0.4 is 5.32 Å². The summed E-state index contributed by atoms with van der Waals surface area (Å²) in [5.74, 6) is 0.541. The Balaban J connectivity index is 1.74. The lowest BCUT2D eigenvalue weighted by atomic mass is 10.1. The number of carbonyl (C=O) groups excluding carboxylic acids is 2. The minimum atomic E-state index is -0.194. The second-order valence-corrected chi connectivity index (χ2v) is 5.01. The largest absolute Gasteiger partial charge is 0.396 e. The summed E-state index contributed by atoms with van der Waals surface area (Å²) < 4.78 is 0. The van der Waals surface area contributed by atoms with Crippen molar-refractivity contribution in [2.45, 2.75) is 25.7 Å². The van der Waals surface area contributed by atoms with Gasteiger partial charge in [-0.1, -0.05) is 0 Å². The van der Waals surface area contributed by atoms with Gasteiger partial charge in [0, 0.05) is 32.7 Å². The molecule has 1 saturated heterocycles. The fourth-order valence-electron chi connectivity index (χ4n) is 2.17. The van der Waals surface area contributed by atoms with Crippen molar-refractivity contribution in [2.24, 2.45) is 11.8 Å². The zero-order chi connectivity index (χ0) is 12.3. The molecule has 1 saturated carbocycles. The minimum absolute atomic E-state index is 0.0508. The van der Waals surface area contributed by atoms with E-state index in [4.69, 9.17) is 5.11 Å². The van der Waals surface area contributed by atoms with Crippen molar-refractivity contribution < 1.29 is 14.7 Å². The molecule has 2 aliphatic rings. The summed E-state index contributed by atoms with van der Waals surface area (Å²) in [5, 5.41) is 11.4. The summed E-state index contributed by atoms with van der Waals surface area (Å²) in [7, 11) is 0. The highest BCUT2D eigenvalue weighted by Gasteiger charge is 2.36. The second-order valence-electron chi connectivity index (χ2n) is 5.01. The van der Waals surface area contributed by atoms with Gasteiger partial charge in [0.25, 0.3) is 0 Å². The number of aliphatic hydroxyl groups is 1. The van der Waals surface area contributed by atoms with E-state index >= 15 is 0 Å². The molecule has 2 N–H and O–H groups in total. The van der Waals surface area contributed by atoms with Gasteiger partial charge in [-0.15, -0.1) is 0 Å². The van der Waals surface area contributed by atoms with Crippen molar-refractivity contribution in [3.63, 3.8) is 0 Å². The molecule has 2 amide bonds. The summed E-state index contributed by atoms with van der Waals surface area (Å²) in [6.45, 7) is 1.97. The Hall–Kier alpha value is -1.10. The third-order valence-corrected chi connectivity index (χ3v) is 3.39. The Morgan fingerprint density at radius 3 is 2.88 bits per heavy atom. The third kappa shape index (κ3) is 3.43. The van der Waals surface area contributed by atoms with Crippen LogP contribution in [0.15, 0.2) is 0 Å². The summed E-state index contributed by atoms with van der Waals surface area (Å²) in [5.41, 5.74) is 0. The van der Waals surface area contributed by atoms with E-state index in [9.17, 15) is 9.59 Å². The Bertz CT molecular complexity index is 302. The van der Waals surface area contributed by atoms with Crippen molar-refractivity contribution >= 4 is 11.8 Å². The first-order valence-corrected chi connectivity index (χ1v) is 6.37. The van der Waals surface area contributed by atoms with Gasteiger partial charge in [-0.3, -0.25) is 9.59 Å². The maximum Gasteiger partial charge on any atom is 0.225 e. The molecule has 1 atom stereocenters. The molecule has 1 aliphatic heterocycles. The van der Waals surface area contributed by atoms with E-state index in [-0.39, 0.29) is 24.3 Å². The van der Waals surface area contributed by atoms with Gasteiger partial charge < -0.3 is 15.3 Å². The number of hydrogen-bond acceptors (Lipinski definition) is 3. The van der Waals surface area contributed by atoms with Crippen LogP contribution in [0, 0.1) is 11.8 Å². The highest BCUT2D eigenvalue weighted by atomic mass is 16.3. The van der Waals surface area contributed by atoms with E-state index in [1.807, 2.05) is 4.90 Å². The van der Waals surface area contributed by atoms with Crippen LogP contribution in [0.4, 0.5) is 0 Å². The van der Waals surface area contributed by atoms with Crippen molar-refractivity contribution in [1.29, 1.82) is 0 Å². The molecule has 2 rings (SSSR count). The van der Waals surface area contributed by atoms with E-state index in [0.29, 0.717) is 31.8 Å². The lowest BCUT2D eigenvalue weighted by Gasteiger charge is -2.15. The quantitative estimate of drug-likeness (QED) is 0.629. The van der Waals surface area contributed by atoms with Gasteiger partial charge in [0.15, 0.2) is 0 Å². The average Bonchev–Trinajstić information content (AvgIpc) is 3.03. The Labute approximate surface area is 101 Å². The van der Waals surface area contributed by atoms with Gasteiger partial charge >= 0.3 is 0 Å². The smallest absolute Gasteiger partial charge is 0.225 e. The van der Waals surface area contributed by atoms with E-state index in [1.165, 1.54) is 12.8 Å². The van der Waals surface area contributed by atoms with Crippen LogP contribution in [0.3, 0.4) is 0 Å². The number of hydrogen-bond donors (Lipinski definition) is 2. The molecular formula is C12H20N2O3. The van der Waals surface area contributed by atoms with Gasteiger partial charge in [0.05, 0.1) is 5.92 Å². The molecule has 0 aromatic rings. The number of likely N-dealkylation sites (tertiary alicyclic amines) is 1. The summed E-state index contributed by atoms with van der Waals surface area (Å²) in [6, 6.07) is 0. The molecule has 0 radical (unpaired) electrons. The molecule has 1 heterocycles. The predicted octanol–water partition coefficient (Wildman–Crippen LogP) is -0.257. The lowest BCUT2D eigenvalue weighted by molar-refractivity contribution is -0.129. The standard InChI is InChI=1S/C12H20N2O3/c15-5-1-4-13-12(17)10-6-11(16)14(8-10)7-9-2-3-9/h9-10,15H,1-8H2,(H,13,17). The SMILES string of the molecule is O=C(NCCCO)C1CC(=O)N(CC2CC2)C1. The molecule has 0 bridgehead atoms. The number of amides is 2. The maximum atomic E-state index is 11.7. The lowest BCUT2D eigenvalue weighted by Crippen LogP contribution is -2.34. The molecule has 0 aromatic heterocycles. The Morgan fingerprint density at radius 2 is 2.24 bits per heavy atom. The van der Waals surface area contributed by atoms with Gasteiger partial charge in [-0.25, -0.2) is 0 Å². The summed E-state index contributed by atoms with van der Waals surface area (Å²) in [6.07, 6.45) is 3.35. The first-order valence-electron chi connectivity index (χ1n) is 6.37. The molecule has 2 fully saturated rings. The van der Waals surface area contributed by atoms with Crippen LogP contribution in [0.5, 0.6) is 0 Å². The number of nitrogens with one attached hydrogen (secondary N) is 1. The molecule has 96 valence electrons. The second kappa shape index (κ2) is 5.49. The average molecular weight is 240 g/mol. The van der Waals surface area contributed by atoms with Crippen LogP contribution >= 0.6 is 0 Å². The number of aliphatic hydroxyl groups excluding tert-OH is 1. The third-order valence-electron chi connectivity index (χ3n) is 3.39. The molecule has 1 unspecified atom stereocenters. The Kier molecular flexibility index (Phi) is 3.99. The number of nitrogens with zero attached hydrogens (tertiary/aromatic N) is 1. The van der Waals surface area contributed by atoms with Gasteiger partial charge in [-0.05, 0) is 25.2 Å². The monoisotopic (exact) mass is 240 g/mol. The molecule has 17 heavy (non-hydrogen) atoms. The first kappa shape index (κ1) is 12.4. The fourth-order valence-corrected chi connectivity index (χ4v) is 2.17. The van der Waals surface area contributed by atoms with E-state index in [0.717, 1.165) is 6.54 Å². The van der Waals surface area contributed by atoms with Crippen LogP contribution in [0.25, 0.3) is 0 Å². The molecular weight excluding hydrogens is 220 g/mol. The van der Waals surface area contributed by atoms with Crippen molar-refractivity contribution in [3.8, 4) is 0 Å². The normalized spacial score (nSPS) is 24.2. The maximum absolute atomic E-state index is 11.7. The van der Waals surface area contributed by atoms with Crippen LogP contribution in [-0.4, -0.2) is 48.1 Å². The van der Waals surface area contributed by atoms with Gasteiger partial charge in [0.1, 0.15) is 0 Å². The van der Waals surface area contributed by atoms with Crippen LogP contribution in [0.1, 0.15) is 25.7 Å². The van der Waals surface area contributed by atoms with E-state index < -0.39 is 0 Å². The number of carbonyl (C=O) groups is 2. The molecule has 0 aromatic carbocycles. The molecule has 1 aliphatic carbocycles. The van der Waals surface area contributed by atoms with Gasteiger partial charge in [-0.2, -0.15) is 0 Å². The zero-order valence-corrected chi connectivity index (χ0v) is 10.0. The summed E-state index contributed by atoms with van der Waals surface area (Å²) in [4.78, 5) is 25.3. The minimum Gasteiger partial charge on any atom is -0.396 e. The predicted molar refractivity (Wildman–Crippen MR) is 62.1 cm³/mol. The Morgan fingerprint density at radius 1 is 1.47 bits per heavy atom. The van der Waals surface area contributed by atoms with Crippen LogP contribution in [-0.2, 0) is 9.59 Å². The van der Waals surface area contributed by atoms with E-state index in [1.54, 1.807) is 0 Å². The summed E-state index contributed by atoms with van der Waals surface area (Å²) >= 11 is 0. The number of rotatable bonds is 6. The molecule has 5 heteroatoms. The molecule has 0 spiro atoms. The van der Waals surface area contributed by atoms with E-state index in [2.05, 4.69) is 5.32 Å². The highest BCUT2D eigenvalue weighted by molar-refractivity contribution is 5.89. The van der Waals surface area contributed by atoms with Crippen molar-refractivity contribution in [2.75, 3.05) is 26.2 Å². The van der Waals surface area contributed by atoms with Crippen molar-refractivity contribution in [1.82, 2.24) is 10.2 Å². The first-order chi connectivity index (χ1) is 8.20. The van der Waals surface area contributed by atoms with Crippen LogP contribution in [0.2, 0.25) is 0 Å². The zero-order valence-electron chi connectivity index (χ0n) is 10.0. The topological polar surface area (TPSA) is 69.6 Å². The fraction of sp³-hybridized carbons (Fsp3) is 0.833. The van der Waals surface area contributed by atoms with Crippen molar-refractivity contribution in [3.05, 3.63) is 0 Å². The molecule has 5 nitrogen and oxygen atoms in total.